The van der Waals surface area contributed by atoms with Crippen LogP contribution < -0.4 is 0 Å². The van der Waals surface area contributed by atoms with Gasteiger partial charge in [0.25, 0.3) is 0 Å². The van der Waals surface area contributed by atoms with Crippen LogP contribution in [0, 0.1) is 5.92 Å². The standard InChI is InChI=1S/C12H20N4O3/c1-9(2)5-15-3-4-19-10(6-15)7-16-8-11(12(17)18)13-14-16/h8-10H,3-7H2,1-2H3,(H,17,18). The highest BCUT2D eigenvalue weighted by Gasteiger charge is 2.22. The van der Waals surface area contributed by atoms with Crippen molar-refractivity contribution in [2.45, 2.75) is 26.5 Å². The molecule has 2 heterocycles. The fourth-order valence-electron chi connectivity index (χ4n) is 2.27. The molecule has 2 rings (SSSR count). The van der Waals surface area contributed by atoms with E-state index in [4.69, 9.17) is 9.84 Å². The van der Waals surface area contributed by atoms with Crippen LogP contribution in [0.15, 0.2) is 6.20 Å². The van der Waals surface area contributed by atoms with E-state index in [0.717, 1.165) is 19.6 Å². The Morgan fingerprint density at radius 1 is 1.63 bits per heavy atom. The first kappa shape index (κ1) is 14.0. The van der Waals surface area contributed by atoms with E-state index in [1.54, 1.807) is 0 Å². The molecule has 1 saturated heterocycles. The lowest BCUT2D eigenvalue weighted by atomic mass is 10.2. The van der Waals surface area contributed by atoms with Crippen molar-refractivity contribution in [3.63, 3.8) is 0 Å². The summed E-state index contributed by atoms with van der Waals surface area (Å²) in [6.07, 6.45) is 1.48. The van der Waals surface area contributed by atoms with Gasteiger partial charge in [0.05, 0.1) is 25.5 Å². The fourth-order valence-corrected chi connectivity index (χ4v) is 2.27. The monoisotopic (exact) mass is 268 g/mol. The summed E-state index contributed by atoms with van der Waals surface area (Å²) in [6.45, 7) is 8.49. The summed E-state index contributed by atoms with van der Waals surface area (Å²) < 4.78 is 7.22. The van der Waals surface area contributed by atoms with Crippen molar-refractivity contribution in [1.29, 1.82) is 0 Å². The van der Waals surface area contributed by atoms with Gasteiger partial charge in [-0.05, 0) is 5.92 Å². The molecular weight excluding hydrogens is 248 g/mol. The Hall–Kier alpha value is -1.47. The van der Waals surface area contributed by atoms with Crippen LogP contribution in [0.1, 0.15) is 24.3 Å². The second-order valence-corrected chi connectivity index (χ2v) is 5.28. The summed E-state index contributed by atoms with van der Waals surface area (Å²) in [5, 5.41) is 16.2. The summed E-state index contributed by atoms with van der Waals surface area (Å²) in [5.41, 5.74) is -0.0326. The van der Waals surface area contributed by atoms with Gasteiger partial charge in [0, 0.05) is 19.6 Å². The van der Waals surface area contributed by atoms with E-state index < -0.39 is 5.97 Å². The third-order valence-corrected chi connectivity index (χ3v) is 2.99. The van der Waals surface area contributed by atoms with Gasteiger partial charge < -0.3 is 9.84 Å². The minimum absolute atomic E-state index is 0.0326. The number of aromatic carboxylic acids is 1. The molecule has 106 valence electrons. The first-order valence-corrected chi connectivity index (χ1v) is 6.52. The first-order valence-electron chi connectivity index (χ1n) is 6.52. The highest BCUT2D eigenvalue weighted by Crippen LogP contribution is 2.09. The normalized spacial score (nSPS) is 20.9. The molecule has 0 aliphatic carbocycles. The Morgan fingerprint density at radius 2 is 2.42 bits per heavy atom. The van der Waals surface area contributed by atoms with Crippen molar-refractivity contribution < 1.29 is 14.6 Å². The Kier molecular flexibility index (Phi) is 4.49. The zero-order valence-corrected chi connectivity index (χ0v) is 11.3. The average Bonchev–Trinajstić information content (AvgIpc) is 2.77. The van der Waals surface area contributed by atoms with E-state index in [-0.39, 0.29) is 11.8 Å². The SMILES string of the molecule is CC(C)CN1CCOC(Cn2cc(C(=O)O)nn2)C1. The van der Waals surface area contributed by atoms with Gasteiger partial charge >= 0.3 is 5.97 Å². The molecule has 7 nitrogen and oxygen atoms in total. The van der Waals surface area contributed by atoms with Gasteiger partial charge in [-0.3, -0.25) is 4.90 Å². The van der Waals surface area contributed by atoms with E-state index >= 15 is 0 Å². The van der Waals surface area contributed by atoms with Gasteiger partial charge in [-0.1, -0.05) is 19.1 Å². The molecular formula is C12H20N4O3. The van der Waals surface area contributed by atoms with Crippen LogP contribution in [0.3, 0.4) is 0 Å². The molecule has 0 saturated carbocycles. The molecule has 1 aliphatic heterocycles. The second-order valence-electron chi connectivity index (χ2n) is 5.28. The summed E-state index contributed by atoms with van der Waals surface area (Å²) in [7, 11) is 0. The van der Waals surface area contributed by atoms with Gasteiger partial charge in [0.1, 0.15) is 0 Å². The predicted octanol–water partition coefficient (Wildman–Crippen LogP) is 0.333. The highest BCUT2D eigenvalue weighted by atomic mass is 16.5. The molecule has 7 heteroatoms. The summed E-state index contributed by atoms with van der Waals surface area (Å²) in [5.74, 6) is -0.430. The molecule has 1 aromatic rings. The predicted molar refractivity (Wildman–Crippen MR) is 68.0 cm³/mol. The molecule has 1 aromatic heterocycles. The molecule has 0 radical (unpaired) electrons. The third kappa shape index (κ3) is 4.00. The average molecular weight is 268 g/mol. The molecule has 1 unspecified atom stereocenters. The largest absolute Gasteiger partial charge is 0.476 e. The highest BCUT2D eigenvalue weighted by molar-refractivity contribution is 5.84. The zero-order valence-electron chi connectivity index (χ0n) is 11.3. The molecule has 19 heavy (non-hydrogen) atoms. The zero-order chi connectivity index (χ0) is 13.8. The van der Waals surface area contributed by atoms with Gasteiger partial charge in [0.2, 0.25) is 0 Å². The van der Waals surface area contributed by atoms with Crippen LogP contribution in [0.2, 0.25) is 0 Å². The fraction of sp³-hybridized carbons (Fsp3) is 0.750. The number of carboxylic acids is 1. The molecule has 1 fully saturated rings. The van der Waals surface area contributed by atoms with Crippen molar-refractivity contribution >= 4 is 5.97 Å². The number of hydrogen-bond donors (Lipinski definition) is 1. The van der Waals surface area contributed by atoms with E-state index in [1.165, 1.54) is 10.9 Å². The Morgan fingerprint density at radius 3 is 3.05 bits per heavy atom. The smallest absolute Gasteiger partial charge is 0.358 e. The van der Waals surface area contributed by atoms with Crippen LogP contribution in [0.25, 0.3) is 0 Å². The minimum Gasteiger partial charge on any atom is -0.476 e. The molecule has 0 spiro atoms. The van der Waals surface area contributed by atoms with Crippen LogP contribution in [0.5, 0.6) is 0 Å². The number of carboxylic acid groups (broad SMARTS) is 1. The molecule has 1 atom stereocenters. The van der Waals surface area contributed by atoms with E-state index in [0.29, 0.717) is 19.1 Å². The molecule has 0 aromatic carbocycles. The molecule has 1 aliphatic rings. The van der Waals surface area contributed by atoms with Crippen LogP contribution in [0.4, 0.5) is 0 Å². The Labute approximate surface area is 112 Å². The van der Waals surface area contributed by atoms with Gasteiger partial charge in [-0.15, -0.1) is 5.10 Å². The van der Waals surface area contributed by atoms with Gasteiger partial charge in [-0.25, -0.2) is 9.48 Å². The van der Waals surface area contributed by atoms with Crippen LogP contribution in [-0.2, 0) is 11.3 Å². The van der Waals surface area contributed by atoms with Crippen molar-refractivity contribution in [2.75, 3.05) is 26.2 Å². The number of ether oxygens (including phenoxy) is 1. The van der Waals surface area contributed by atoms with Gasteiger partial charge in [-0.2, -0.15) is 0 Å². The number of nitrogens with zero attached hydrogens (tertiary/aromatic N) is 4. The number of aromatic nitrogens is 3. The molecule has 0 amide bonds. The molecule has 1 N–H and O–H groups in total. The summed E-state index contributed by atoms with van der Waals surface area (Å²) >= 11 is 0. The lowest BCUT2D eigenvalue weighted by molar-refractivity contribution is -0.0406. The topological polar surface area (TPSA) is 80.5 Å². The van der Waals surface area contributed by atoms with Crippen molar-refractivity contribution in [1.82, 2.24) is 19.9 Å². The Bertz CT molecular complexity index is 432. The Balaban J connectivity index is 1.89. The van der Waals surface area contributed by atoms with Crippen molar-refractivity contribution in [3.8, 4) is 0 Å². The van der Waals surface area contributed by atoms with Crippen LogP contribution >= 0.6 is 0 Å². The van der Waals surface area contributed by atoms with E-state index in [9.17, 15) is 4.79 Å². The van der Waals surface area contributed by atoms with E-state index in [2.05, 4.69) is 29.1 Å². The summed E-state index contributed by atoms with van der Waals surface area (Å²) in [6, 6.07) is 0. The third-order valence-electron chi connectivity index (χ3n) is 2.99. The number of morpholine rings is 1. The maximum atomic E-state index is 10.7. The first-order chi connectivity index (χ1) is 9.04. The van der Waals surface area contributed by atoms with Crippen molar-refractivity contribution in [3.05, 3.63) is 11.9 Å². The maximum Gasteiger partial charge on any atom is 0.358 e. The van der Waals surface area contributed by atoms with E-state index in [1.807, 2.05) is 0 Å². The number of hydrogen-bond acceptors (Lipinski definition) is 5. The lowest BCUT2D eigenvalue weighted by Gasteiger charge is -2.33. The van der Waals surface area contributed by atoms with Gasteiger partial charge in [0.15, 0.2) is 5.69 Å². The second kappa shape index (κ2) is 6.12. The quantitative estimate of drug-likeness (QED) is 0.829. The summed E-state index contributed by atoms with van der Waals surface area (Å²) in [4.78, 5) is 13.1. The number of carbonyl (C=O) groups is 1. The number of rotatable bonds is 5. The molecule has 0 bridgehead atoms. The maximum absolute atomic E-state index is 10.7. The van der Waals surface area contributed by atoms with Crippen molar-refractivity contribution in [2.24, 2.45) is 5.92 Å². The van der Waals surface area contributed by atoms with Crippen LogP contribution in [-0.4, -0.2) is 63.3 Å². The minimum atomic E-state index is -1.06. The lowest BCUT2D eigenvalue weighted by Crippen LogP contribution is -2.45.